The smallest absolute Gasteiger partial charge is 0.128 e. The molecule has 0 saturated carbocycles. The molecule has 2 aliphatic rings. The van der Waals surface area contributed by atoms with Crippen LogP contribution in [0.5, 0.6) is 5.75 Å². The predicted molar refractivity (Wildman–Crippen MR) is 51.5 cm³/mol. The average Bonchev–Trinajstić information content (AvgIpc) is 2.65. The molecule has 2 heteroatoms. The third-order valence-corrected chi connectivity index (χ3v) is 2.66. The third-order valence-electron chi connectivity index (χ3n) is 2.66. The second-order valence-electron chi connectivity index (χ2n) is 3.42. The van der Waals surface area contributed by atoms with E-state index < -0.39 is 0 Å². The normalized spacial score (nSPS) is 18.8. The van der Waals surface area contributed by atoms with Crippen LogP contribution in [0.1, 0.15) is 12.0 Å². The highest BCUT2D eigenvalue weighted by molar-refractivity contribution is 5.76. The predicted octanol–water partition coefficient (Wildman–Crippen LogP) is 1.78. The van der Waals surface area contributed by atoms with Crippen LogP contribution in [0.4, 0.5) is 0 Å². The summed E-state index contributed by atoms with van der Waals surface area (Å²) < 4.78 is 5.62. The molecule has 0 amide bonds. The van der Waals surface area contributed by atoms with Gasteiger partial charge in [0.2, 0.25) is 0 Å². The van der Waals surface area contributed by atoms with Gasteiger partial charge in [0, 0.05) is 12.1 Å². The maximum atomic E-state index is 5.62. The fourth-order valence-corrected chi connectivity index (χ4v) is 2.02. The maximum Gasteiger partial charge on any atom is 0.128 e. The van der Waals surface area contributed by atoms with Crippen LogP contribution in [-0.4, -0.2) is 13.2 Å². The largest absolute Gasteiger partial charge is 0.487 e. The number of hydrogen-bond acceptors (Lipinski definition) is 2. The second kappa shape index (κ2) is 2.52. The molecule has 1 aromatic rings. The van der Waals surface area contributed by atoms with Crippen molar-refractivity contribution in [2.24, 2.45) is 0 Å². The van der Waals surface area contributed by atoms with Gasteiger partial charge in [0.05, 0.1) is 5.70 Å². The first-order valence-corrected chi connectivity index (χ1v) is 4.63. The minimum atomic E-state index is 0.715. The Kier molecular flexibility index (Phi) is 1.36. The molecule has 2 aliphatic heterocycles. The number of hydrogen-bond donors (Lipinski definition) is 1. The van der Waals surface area contributed by atoms with Gasteiger partial charge in [-0.3, -0.25) is 0 Å². The standard InChI is InChI=1S/C11H11NO/c1-2-4-11-9(3-1)8-5-6-12-10(8)7-13-11/h1-4,12H,5-7H2. The van der Waals surface area contributed by atoms with E-state index >= 15 is 0 Å². The summed E-state index contributed by atoms with van der Waals surface area (Å²) in [6.07, 6.45) is 1.13. The minimum Gasteiger partial charge on any atom is -0.487 e. The van der Waals surface area contributed by atoms with Crippen molar-refractivity contribution in [2.75, 3.05) is 13.2 Å². The van der Waals surface area contributed by atoms with Gasteiger partial charge in [0.25, 0.3) is 0 Å². The Labute approximate surface area is 77.2 Å². The van der Waals surface area contributed by atoms with Crippen LogP contribution in [0.2, 0.25) is 0 Å². The van der Waals surface area contributed by atoms with E-state index in [1.54, 1.807) is 0 Å². The molecule has 0 aliphatic carbocycles. The number of para-hydroxylation sites is 1. The second-order valence-corrected chi connectivity index (χ2v) is 3.42. The van der Waals surface area contributed by atoms with E-state index in [1.807, 2.05) is 12.1 Å². The van der Waals surface area contributed by atoms with Crippen molar-refractivity contribution in [1.29, 1.82) is 0 Å². The zero-order chi connectivity index (χ0) is 8.67. The Hall–Kier alpha value is -1.44. The SMILES string of the molecule is c1ccc2c(c1)OCC1=C2CCN1. The van der Waals surface area contributed by atoms with Gasteiger partial charge in [-0.25, -0.2) is 0 Å². The lowest BCUT2D eigenvalue weighted by atomic mass is 10.0. The van der Waals surface area contributed by atoms with Gasteiger partial charge >= 0.3 is 0 Å². The van der Waals surface area contributed by atoms with Crippen LogP contribution in [0.25, 0.3) is 5.57 Å². The van der Waals surface area contributed by atoms with E-state index in [4.69, 9.17) is 4.74 Å². The zero-order valence-corrected chi connectivity index (χ0v) is 7.34. The zero-order valence-electron chi connectivity index (χ0n) is 7.34. The minimum absolute atomic E-state index is 0.715. The molecule has 13 heavy (non-hydrogen) atoms. The molecule has 3 rings (SSSR count). The lowest BCUT2D eigenvalue weighted by molar-refractivity contribution is 0.340. The van der Waals surface area contributed by atoms with E-state index in [0.29, 0.717) is 6.61 Å². The highest BCUT2D eigenvalue weighted by Crippen LogP contribution is 2.35. The molecule has 0 unspecified atom stereocenters. The Bertz CT molecular complexity index is 381. The topological polar surface area (TPSA) is 21.3 Å². The van der Waals surface area contributed by atoms with Crippen molar-refractivity contribution in [3.63, 3.8) is 0 Å². The van der Waals surface area contributed by atoms with E-state index in [2.05, 4.69) is 17.4 Å². The Balaban J connectivity index is 2.18. The number of nitrogens with one attached hydrogen (secondary N) is 1. The monoisotopic (exact) mass is 173 g/mol. The van der Waals surface area contributed by atoms with Gasteiger partial charge in [-0.15, -0.1) is 0 Å². The summed E-state index contributed by atoms with van der Waals surface area (Å²) in [4.78, 5) is 0. The Morgan fingerprint density at radius 3 is 3.15 bits per heavy atom. The Morgan fingerprint density at radius 2 is 2.15 bits per heavy atom. The first-order valence-electron chi connectivity index (χ1n) is 4.63. The molecule has 0 saturated heterocycles. The molecular weight excluding hydrogens is 162 g/mol. The number of benzene rings is 1. The molecule has 2 heterocycles. The van der Waals surface area contributed by atoms with Crippen molar-refractivity contribution in [1.82, 2.24) is 5.32 Å². The lowest BCUT2D eigenvalue weighted by Gasteiger charge is -2.19. The summed E-state index contributed by atoms with van der Waals surface area (Å²) in [5.41, 5.74) is 3.99. The van der Waals surface area contributed by atoms with Crippen LogP contribution < -0.4 is 10.1 Å². The first-order chi connectivity index (χ1) is 6.45. The van der Waals surface area contributed by atoms with Gasteiger partial charge in [0.15, 0.2) is 0 Å². The fourth-order valence-electron chi connectivity index (χ4n) is 2.02. The number of rotatable bonds is 0. The number of ether oxygens (including phenoxy) is 1. The first kappa shape index (κ1) is 7.01. The van der Waals surface area contributed by atoms with Crippen molar-refractivity contribution in [3.05, 3.63) is 35.5 Å². The van der Waals surface area contributed by atoms with Crippen LogP contribution in [0, 0.1) is 0 Å². The van der Waals surface area contributed by atoms with Crippen molar-refractivity contribution in [3.8, 4) is 5.75 Å². The van der Waals surface area contributed by atoms with Gasteiger partial charge in [-0.1, -0.05) is 18.2 Å². The quantitative estimate of drug-likeness (QED) is 0.645. The van der Waals surface area contributed by atoms with E-state index in [1.165, 1.54) is 16.8 Å². The molecule has 0 spiro atoms. The van der Waals surface area contributed by atoms with E-state index in [0.717, 1.165) is 18.7 Å². The van der Waals surface area contributed by atoms with Gasteiger partial charge in [-0.05, 0) is 18.1 Å². The van der Waals surface area contributed by atoms with Crippen molar-refractivity contribution < 1.29 is 4.74 Å². The Morgan fingerprint density at radius 1 is 1.23 bits per heavy atom. The maximum absolute atomic E-state index is 5.62. The van der Waals surface area contributed by atoms with Crippen LogP contribution in [-0.2, 0) is 0 Å². The summed E-state index contributed by atoms with van der Waals surface area (Å²) >= 11 is 0. The average molecular weight is 173 g/mol. The number of fused-ring (bicyclic) bond motifs is 2. The summed E-state index contributed by atoms with van der Waals surface area (Å²) in [7, 11) is 0. The van der Waals surface area contributed by atoms with E-state index in [9.17, 15) is 0 Å². The highest BCUT2D eigenvalue weighted by atomic mass is 16.5. The molecule has 0 atom stereocenters. The molecular formula is C11H11NO. The lowest BCUT2D eigenvalue weighted by Crippen LogP contribution is -2.17. The van der Waals surface area contributed by atoms with Crippen LogP contribution in [0.3, 0.4) is 0 Å². The van der Waals surface area contributed by atoms with Gasteiger partial charge in [0.1, 0.15) is 12.4 Å². The summed E-state index contributed by atoms with van der Waals surface area (Å²) in [5.74, 6) is 1.03. The third kappa shape index (κ3) is 0.949. The van der Waals surface area contributed by atoms with E-state index in [-0.39, 0.29) is 0 Å². The molecule has 2 nitrogen and oxygen atoms in total. The van der Waals surface area contributed by atoms with Crippen LogP contribution in [0.15, 0.2) is 30.0 Å². The summed E-state index contributed by atoms with van der Waals surface area (Å²) in [5, 5.41) is 3.35. The van der Waals surface area contributed by atoms with Gasteiger partial charge < -0.3 is 10.1 Å². The molecule has 0 radical (unpaired) electrons. The van der Waals surface area contributed by atoms with Crippen LogP contribution >= 0.6 is 0 Å². The van der Waals surface area contributed by atoms with Crippen molar-refractivity contribution in [2.45, 2.75) is 6.42 Å². The van der Waals surface area contributed by atoms with Crippen molar-refractivity contribution >= 4 is 5.57 Å². The summed E-state index contributed by atoms with van der Waals surface area (Å²) in [6, 6.07) is 8.26. The molecule has 0 fully saturated rings. The molecule has 0 bridgehead atoms. The highest BCUT2D eigenvalue weighted by Gasteiger charge is 2.22. The molecule has 1 aromatic carbocycles. The molecule has 0 aromatic heterocycles. The van der Waals surface area contributed by atoms with Gasteiger partial charge in [-0.2, -0.15) is 0 Å². The summed E-state index contributed by atoms with van der Waals surface area (Å²) in [6.45, 7) is 1.77. The fraction of sp³-hybridized carbons (Fsp3) is 0.273. The molecule has 66 valence electrons. The molecule has 1 N–H and O–H groups in total.